The molecule has 1 unspecified atom stereocenters. The molecule has 184 valence electrons. The summed E-state index contributed by atoms with van der Waals surface area (Å²) in [6.07, 6.45) is 4.25. The highest BCUT2D eigenvalue weighted by molar-refractivity contribution is 6.34. The number of carbonyl (C=O) groups is 2. The smallest absolute Gasteiger partial charge is 0.312 e. The van der Waals surface area contributed by atoms with Crippen LogP contribution in [0.5, 0.6) is 0 Å². The van der Waals surface area contributed by atoms with Gasteiger partial charge in [0.2, 0.25) is 0 Å². The van der Waals surface area contributed by atoms with Gasteiger partial charge in [0.15, 0.2) is 0 Å². The summed E-state index contributed by atoms with van der Waals surface area (Å²) in [5.74, 6) is -1.80. The number of hydrogen-bond donors (Lipinski definition) is 4. The minimum atomic E-state index is -1.13. The van der Waals surface area contributed by atoms with Gasteiger partial charge in [-0.3, -0.25) is 14.3 Å². The Balaban J connectivity index is 1.42. The van der Waals surface area contributed by atoms with Crippen molar-refractivity contribution in [3.63, 3.8) is 0 Å². The summed E-state index contributed by atoms with van der Waals surface area (Å²) in [6, 6.07) is 8.57. The SMILES string of the molecule is O=C(NCC(C(=O)O)c1cc(Cl)cc(Cl)c1)c1cn(CCc2ccc3c(n2)NCCC3)nc1CO. The second kappa shape index (κ2) is 11.1. The first-order valence-corrected chi connectivity index (χ1v) is 12.0. The van der Waals surface area contributed by atoms with E-state index in [0.29, 0.717) is 28.6 Å². The van der Waals surface area contributed by atoms with Crippen molar-refractivity contribution in [1.29, 1.82) is 0 Å². The van der Waals surface area contributed by atoms with Gasteiger partial charge in [0, 0.05) is 48.0 Å². The molecule has 1 aliphatic rings. The number of amides is 1. The molecule has 0 spiro atoms. The van der Waals surface area contributed by atoms with Crippen LogP contribution in [-0.4, -0.2) is 49.9 Å². The van der Waals surface area contributed by atoms with Gasteiger partial charge in [-0.15, -0.1) is 0 Å². The first-order chi connectivity index (χ1) is 16.8. The summed E-state index contributed by atoms with van der Waals surface area (Å²) >= 11 is 12.0. The fraction of sp³-hybridized carbons (Fsp3) is 0.333. The first-order valence-electron chi connectivity index (χ1n) is 11.2. The number of aromatic nitrogens is 3. The monoisotopic (exact) mass is 517 g/mol. The predicted octanol–water partition coefficient (Wildman–Crippen LogP) is 3.28. The van der Waals surface area contributed by atoms with Gasteiger partial charge in [0.1, 0.15) is 11.5 Å². The molecule has 0 bridgehead atoms. The lowest BCUT2D eigenvalue weighted by atomic mass is 9.99. The van der Waals surface area contributed by atoms with Crippen LogP contribution in [0.3, 0.4) is 0 Å². The molecule has 4 N–H and O–H groups in total. The quantitative estimate of drug-likeness (QED) is 0.342. The summed E-state index contributed by atoms with van der Waals surface area (Å²) in [5, 5.41) is 30.2. The van der Waals surface area contributed by atoms with Crippen LogP contribution in [0.4, 0.5) is 5.82 Å². The molecule has 0 aliphatic carbocycles. The minimum absolute atomic E-state index is 0.181. The van der Waals surface area contributed by atoms with Gasteiger partial charge in [-0.25, -0.2) is 4.98 Å². The average Bonchev–Trinajstić information content (AvgIpc) is 3.25. The molecular weight excluding hydrogens is 493 g/mol. The second-order valence-electron chi connectivity index (χ2n) is 8.30. The van der Waals surface area contributed by atoms with Gasteiger partial charge in [-0.2, -0.15) is 5.10 Å². The van der Waals surface area contributed by atoms with E-state index in [1.54, 1.807) is 10.9 Å². The van der Waals surface area contributed by atoms with E-state index in [2.05, 4.69) is 26.8 Å². The molecule has 1 aliphatic heterocycles. The van der Waals surface area contributed by atoms with Crippen LogP contribution in [0.1, 0.15) is 45.2 Å². The van der Waals surface area contributed by atoms with Crippen molar-refractivity contribution in [2.24, 2.45) is 0 Å². The average molecular weight is 518 g/mol. The zero-order valence-corrected chi connectivity index (χ0v) is 20.3. The zero-order valence-electron chi connectivity index (χ0n) is 18.8. The van der Waals surface area contributed by atoms with Crippen LogP contribution in [0.2, 0.25) is 10.0 Å². The fourth-order valence-corrected chi connectivity index (χ4v) is 4.58. The number of aliphatic hydroxyl groups is 1. The van der Waals surface area contributed by atoms with Crippen LogP contribution in [0.25, 0.3) is 0 Å². The van der Waals surface area contributed by atoms with Crippen molar-refractivity contribution in [2.45, 2.75) is 38.3 Å². The second-order valence-corrected chi connectivity index (χ2v) is 9.18. The number of aliphatic hydroxyl groups excluding tert-OH is 1. The van der Waals surface area contributed by atoms with Crippen LogP contribution >= 0.6 is 23.2 Å². The normalized spacial score (nSPS) is 13.6. The van der Waals surface area contributed by atoms with Crippen molar-refractivity contribution in [2.75, 3.05) is 18.4 Å². The third kappa shape index (κ3) is 6.11. The maximum Gasteiger partial charge on any atom is 0.312 e. The number of nitrogens with one attached hydrogen (secondary N) is 2. The standard InChI is InChI=1S/C24H25Cl2N5O4/c25-16-8-15(9-17(26)10-16)19(24(34)35)11-28-23(33)20-12-31(30-21(20)13-32)7-5-18-4-3-14-2-1-6-27-22(14)29-18/h3-4,8-10,12,19,32H,1-2,5-7,11,13H2,(H,27,29)(H,28,33)(H,34,35). The highest BCUT2D eigenvalue weighted by Crippen LogP contribution is 2.25. The fourth-order valence-electron chi connectivity index (χ4n) is 4.03. The van der Waals surface area contributed by atoms with Crippen molar-refractivity contribution in [3.05, 3.63) is 74.7 Å². The molecule has 3 aromatic rings. The number of pyridine rings is 1. The molecule has 0 fully saturated rings. The molecule has 4 rings (SSSR count). The third-order valence-electron chi connectivity index (χ3n) is 5.83. The molecule has 35 heavy (non-hydrogen) atoms. The number of fused-ring (bicyclic) bond motifs is 1. The maximum atomic E-state index is 12.8. The van der Waals surface area contributed by atoms with Gasteiger partial charge >= 0.3 is 5.97 Å². The van der Waals surface area contributed by atoms with Crippen LogP contribution in [0, 0.1) is 0 Å². The molecule has 2 aromatic heterocycles. The largest absolute Gasteiger partial charge is 0.481 e. The number of halogens is 2. The highest BCUT2D eigenvalue weighted by Gasteiger charge is 2.23. The molecule has 3 heterocycles. The number of rotatable bonds is 9. The van der Waals surface area contributed by atoms with E-state index in [1.807, 2.05) is 6.07 Å². The van der Waals surface area contributed by atoms with Crippen molar-refractivity contribution >= 4 is 40.9 Å². The Labute approximate surface area is 212 Å². The van der Waals surface area contributed by atoms with Gasteiger partial charge in [0.25, 0.3) is 5.91 Å². The molecule has 11 heteroatoms. The molecule has 1 atom stereocenters. The molecule has 0 saturated heterocycles. The lowest BCUT2D eigenvalue weighted by Gasteiger charge is -2.17. The van der Waals surface area contributed by atoms with Crippen LogP contribution < -0.4 is 10.6 Å². The number of carboxylic acid groups (broad SMARTS) is 1. The number of benzene rings is 1. The van der Waals surface area contributed by atoms with E-state index in [-0.39, 0.29) is 17.8 Å². The lowest BCUT2D eigenvalue weighted by Crippen LogP contribution is -2.32. The Morgan fingerprint density at radius 2 is 1.97 bits per heavy atom. The van der Waals surface area contributed by atoms with E-state index in [0.717, 1.165) is 30.9 Å². The number of nitrogens with zero attached hydrogens (tertiary/aromatic N) is 3. The molecule has 0 saturated carbocycles. The van der Waals surface area contributed by atoms with E-state index in [4.69, 9.17) is 23.2 Å². The highest BCUT2D eigenvalue weighted by atomic mass is 35.5. The van der Waals surface area contributed by atoms with Gasteiger partial charge < -0.3 is 20.8 Å². The number of anilines is 1. The third-order valence-corrected chi connectivity index (χ3v) is 6.27. The molecule has 9 nitrogen and oxygen atoms in total. The Morgan fingerprint density at radius 3 is 2.69 bits per heavy atom. The van der Waals surface area contributed by atoms with Gasteiger partial charge in [0.05, 0.1) is 18.1 Å². The number of carboxylic acids is 1. The Morgan fingerprint density at radius 1 is 1.20 bits per heavy atom. The van der Waals surface area contributed by atoms with E-state index >= 15 is 0 Å². The van der Waals surface area contributed by atoms with E-state index < -0.39 is 24.4 Å². The molecule has 1 aromatic carbocycles. The number of aliphatic carboxylic acids is 1. The van der Waals surface area contributed by atoms with Crippen LogP contribution in [-0.2, 0) is 30.8 Å². The summed E-state index contributed by atoms with van der Waals surface area (Å²) in [5.41, 5.74) is 2.87. The van der Waals surface area contributed by atoms with Gasteiger partial charge in [-0.1, -0.05) is 29.3 Å². The van der Waals surface area contributed by atoms with Crippen molar-refractivity contribution < 1.29 is 19.8 Å². The maximum absolute atomic E-state index is 12.8. The summed E-state index contributed by atoms with van der Waals surface area (Å²) in [7, 11) is 0. The number of carbonyl (C=O) groups excluding carboxylic acids is 1. The molecule has 1 amide bonds. The predicted molar refractivity (Wildman–Crippen MR) is 132 cm³/mol. The van der Waals surface area contributed by atoms with Crippen molar-refractivity contribution in [3.8, 4) is 0 Å². The summed E-state index contributed by atoms with van der Waals surface area (Å²) in [4.78, 5) is 29.3. The summed E-state index contributed by atoms with van der Waals surface area (Å²) < 4.78 is 1.58. The minimum Gasteiger partial charge on any atom is -0.481 e. The Hall–Kier alpha value is -3.14. The Bertz CT molecular complexity index is 1230. The first kappa shape index (κ1) is 25.0. The van der Waals surface area contributed by atoms with Crippen molar-refractivity contribution in [1.82, 2.24) is 20.1 Å². The lowest BCUT2D eigenvalue weighted by molar-refractivity contribution is -0.138. The number of aryl methyl sites for hydroxylation is 3. The number of hydrogen-bond acceptors (Lipinski definition) is 6. The summed E-state index contributed by atoms with van der Waals surface area (Å²) in [6.45, 7) is 0.759. The topological polar surface area (TPSA) is 129 Å². The van der Waals surface area contributed by atoms with Crippen LogP contribution in [0.15, 0.2) is 36.5 Å². The molecule has 0 radical (unpaired) electrons. The zero-order chi connectivity index (χ0) is 24.9. The van der Waals surface area contributed by atoms with E-state index in [1.165, 1.54) is 23.8 Å². The molecular formula is C24H25Cl2N5O4. The Kier molecular flexibility index (Phi) is 7.90. The van der Waals surface area contributed by atoms with Gasteiger partial charge in [-0.05, 0) is 48.2 Å². The van der Waals surface area contributed by atoms with E-state index in [9.17, 15) is 19.8 Å².